The van der Waals surface area contributed by atoms with Crippen LogP contribution in [-0.4, -0.2) is 19.5 Å². The van der Waals surface area contributed by atoms with Crippen LogP contribution < -0.4 is 5.32 Å². The second-order valence-electron chi connectivity index (χ2n) is 6.75. The van der Waals surface area contributed by atoms with E-state index in [0.717, 1.165) is 39.2 Å². The summed E-state index contributed by atoms with van der Waals surface area (Å²) in [6.45, 7) is 0.644. The first-order valence-electron chi connectivity index (χ1n) is 9.50. The maximum Gasteiger partial charge on any atom is 0.150 e. The Morgan fingerprint density at radius 2 is 1.62 bits per heavy atom. The predicted octanol–water partition coefficient (Wildman–Crippen LogP) is 5.09. The minimum Gasteiger partial charge on any atom is -0.365 e. The summed E-state index contributed by atoms with van der Waals surface area (Å²) in [7, 11) is 0. The fourth-order valence-corrected chi connectivity index (χ4v) is 3.51. The molecular formula is C24H19N5. The van der Waals surface area contributed by atoms with Crippen LogP contribution in [0.4, 0.5) is 5.82 Å². The van der Waals surface area contributed by atoms with Crippen molar-refractivity contribution < 1.29 is 0 Å². The van der Waals surface area contributed by atoms with Crippen molar-refractivity contribution in [2.24, 2.45) is 0 Å². The van der Waals surface area contributed by atoms with E-state index in [2.05, 4.69) is 55.3 Å². The lowest BCUT2D eigenvalue weighted by Crippen LogP contribution is -2.03. The molecule has 0 aliphatic heterocycles. The van der Waals surface area contributed by atoms with Gasteiger partial charge in [0.05, 0.1) is 5.39 Å². The topological polar surface area (TPSA) is 55.6 Å². The van der Waals surface area contributed by atoms with Crippen LogP contribution in [0, 0.1) is 0 Å². The summed E-state index contributed by atoms with van der Waals surface area (Å²) >= 11 is 0. The maximum absolute atomic E-state index is 4.62. The van der Waals surface area contributed by atoms with Crippen molar-refractivity contribution in [3.63, 3.8) is 0 Å². The average molecular weight is 377 g/mol. The van der Waals surface area contributed by atoms with Crippen molar-refractivity contribution in [1.29, 1.82) is 0 Å². The van der Waals surface area contributed by atoms with E-state index in [4.69, 9.17) is 0 Å². The van der Waals surface area contributed by atoms with Gasteiger partial charge in [-0.1, -0.05) is 54.6 Å². The number of anilines is 1. The quantitative estimate of drug-likeness (QED) is 0.463. The molecule has 3 aromatic heterocycles. The lowest BCUT2D eigenvalue weighted by Gasteiger charge is -2.09. The minimum atomic E-state index is 0.644. The zero-order chi connectivity index (χ0) is 19.5. The first kappa shape index (κ1) is 17.1. The molecule has 0 aliphatic carbocycles. The Morgan fingerprint density at radius 1 is 0.828 bits per heavy atom. The monoisotopic (exact) mass is 377 g/mol. The first-order valence-corrected chi connectivity index (χ1v) is 9.50. The number of hydrogen-bond donors (Lipinski definition) is 1. The van der Waals surface area contributed by atoms with Crippen LogP contribution in [0.3, 0.4) is 0 Å². The van der Waals surface area contributed by atoms with E-state index in [0.29, 0.717) is 6.54 Å². The van der Waals surface area contributed by atoms with Crippen LogP contribution in [0.2, 0.25) is 0 Å². The molecular weight excluding hydrogens is 358 g/mol. The largest absolute Gasteiger partial charge is 0.365 e. The summed E-state index contributed by atoms with van der Waals surface area (Å²) in [4.78, 5) is 13.4. The Hall–Kier alpha value is -3.99. The van der Waals surface area contributed by atoms with Gasteiger partial charge in [0.2, 0.25) is 0 Å². The Labute approximate surface area is 168 Å². The smallest absolute Gasteiger partial charge is 0.150 e. The Morgan fingerprint density at radius 3 is 2.38 bits per heavy atom. The second kappa shape index (κ2) is 7.56. The van der Waals surface area contributed by atoms with E-state index < -0.39 is 0 Å². The van der Waals surface area contributed by atoms with E-state index in [1.54, 1.807) is 12.5 Å². The number of pyridine rings is 1. The van der Waals surface area contributed by atoms with Gasteiger partial charge in [0.15, 0.2) is 5.65 Å². The molecule has 0 saturated heterocycles. The molecule has 2 aromatic carbocycles. The number of nitrogens with zero attached hydrogens (tertiary/aromatic N) is 4. The van der Waals surface area contributed by atoms with Gasteiger partial charge >= 0.3 is 0 Å². The highest BCUT2D eigenvalue weighted by Gasteiger charge is 2.17. The van der Waals surface area contributed by atoms with Gasteiger partial charge in [0.25, 0.3) is 0 Å². The fourth-order valence-electron chi connectivity index (χ4n) is 3.51. The SMILES string of the molecule is c1ccc(-c2cn(-c3ccccc3)c3ncnc(NCc4cccnc4)c23)cc1. The Bertz CT molecular complexity index is 1230. The van der Waals surface area contributed by atoms with E-state index in [1.165, 1.54) is 0 Å². The number of hydrogen-bond acceptors (Lipinski definition) is 4. The summed E-state index contributed by atoms with van der Waals surface area (Å²) in [5.74, 6) is 0.812. The number of aromatic nitrogens is 4. The molecule has 29 heavy (non-hydrogen) atoms. The van der Waals surface area contributed by atoms with Gasteiger partial charge in [-0.25, -0.2) is 9.97 Å². The van der Waals surface area contributed by atoms with Crippen LogP contribution in [0.25, 0.3) is 27.8 Å². The van der Waals surface area contributed by atoms with Crippen LogP contribution in [0.1, 0.15) is 5.56 Å². The molecule has 5 nitrogen and oxygen atoms in total. The molecule has 0 amide bonds. The van der Waals surface area contributed by atoms with Crippen molar-refractivity contribution in [2.45, 2.75) is 6.54 Å². The third kappa shape index (κ3) is 3.34. The van der Waals surface area contributed by atoms with Gasteiger partial charge in [-0.05, 0) is 29.3 Å². The van der Waals surface area contributed by atoms with Gasteiger partial charge < -0.3 is 9.88 Å². The minimum absolute atomic E-state index is 0.644. The average Bonchev–Trinajstić information content (AvgIpc) is 3.20. The van der Waals surface area contributed by atoms with E-state index in [-0.39, 0.29) is 0 Å². The van der Waals surface area contributed by atoms with Gasteiger partial charge in [-0.15, -0.1) is 0 Å². The highest BCUT2D eigenvalue weighted by Crippen LogP contribution is 2.35. The third-order valence-corrected chi connectivity index (χ3v) is 4.88. The van der Waals surface area contributed by atoms with E-state index in [1.807, 2.05) is 54.7 Å². The maximum atomic E-state index is 4.62. The number of fused-ring (bicyclic) bond motifs is 1. The molecule has 0 bridgehead atoms. The van der Waals surface area contributed by atoms with E-state index >= 15 is 0 Å². The molecule has 1 N–H and O–H groups in total. The van der Waals surface area contributed by atoms with Crippen molar-refractivity contribution in [2.75, 3.05) is 5.32 Å². The van der Waals surface area contributed by atoms with Crippen LogP contribution in [-0.2, 0) is 6.54 Å². The summed E-state index contributed by atoms with van der Waals surface area (Å²) in [5, 5.41) is 4.48. The Kier molecular flexibility index (Phi) is 4.47. The molecule has 0 aliphatic rings. The van der Waals surface area contributed by atoms with Crippen molar-refractivity contribution in [3.05, 3.63) is 103 Å². The van der Waals surface area contributed by atoms with Crippen molar-refractivity contribution in [1.82, 2.24) is 19.5 Å². The summed E-state index contributed by atoms with van der Waals surface area (Å²) in [6, 6.07) is 24.6. The molecule has 5 aromatic rings. The zero-order valence-corrected chi connectivity index (χ0v) is 15.7. The number of benzene rings is 2. The first-order chi connectivity index (χ1) is 14.4. The molecule has 5 rings (SSSR count). The third-order valence-electron chi connectivity index (χ3n) is 4.88. The van der Waals surface area contributed by atoms with E-state index in [9.17, 15) is 0 Å². The summed E-state index contributed by atoms with van der Waals surface area (Å²) in [5.41, 5.74) is 5.27. The van der Waals surface area contributed by atoms with Crippen LogP contribution in [0.5, 0.6) is 0 Å². The van der Waals surface area contributed by atoms with Gasteiger partial charge in [0, 0.05) is 36.4 Å². The molecule has 0 atom stereocenters. The molecule has 3 heterocycles. The lowest BCUT2D eigenvalue weighted by molar-refractivity contribution is 1.06. The highest BCUT2D eigenvalue weighted by molar-refractivity contribution is 6.02. The molecule has 0 saturated carbocycles. The number of para-hydroxylation sites is 1. The number of nitrogens with one attached hydrogen (secondary N) is 1. The van der Waals surface area contributed by atoms with Crippen molar-refractivity contribution in [3.8, 4) is 16.8 Å². The van der Waals surface area contributed by atoms with Crippen LogP contribution >= 0.6 is 0 Å². The van der Waals surface area contributed by atoms with Gasteiger partial charge in [-0.3, -0.25) is 4.98 Å². The molecule has 5 heteroatoms. The molecule has 0 spiro atoms. The highest BCUT2D eigenvalue weighted by atomic mass is 15.1. The molecule has 0 radical (unpaired) electrons. The predicted molar refractivity (Wildman–Crippen MR) is 116 cm³/mol. The standard InChI is InChI=1S/C24H19N5/c1-3-9-19(10-4-1)21-16-29(20-11-5-2-6-12-20)24-22(21)23(27-17-28-24)26-15-18-8-7-13-25-14-18/h1-14,16-17H,15H2,(H,26,27,28). The lowest BCUT2D eigenvalue weighted by atomic mass is 10.1. The summed E-state index contributed by atoms with van der Waals surface area (Å²) < 4.78 is 2.12. The summed E-state index contributed by atoms with van der Waals surface area (Å²) in [6.07, 6.45) is 7.39. The van der Waals surface area contributed by atoms with Gasteiger partial charge in [-0.2, -0.15) is 0 Å². The van der Waals surface area contributed by atoms with Gasteiger partial charge in [0.1, 0.15) is 12.1 Å². The molecule has 0 unspecified atom stereocenters. The number of rotatable bonds is 5. The molecule has 0 fully saturated rings. The van der Waals surface area contributed by atoms with Crippen LogP contribution in [0.15, 0.2) is 97.7 Å². The Balaban J connectivity index is 1.67. The zero-order valence-electron chi connectivity index (χ0n) is 15.7. The fraction of sp³-hybridized carbons (Fsp3) is 0.0417. The van der Waals surface area contributed by atoms with Crippen molar-refractivity contribution >= 4 is 16.9 Å². The molecule has 140 valence electrons. The second-order valence-corrected chi connectivity index (χ2v) is 6.75. The normalized spacial score (nSPS) is 10.9.